The number of carbonyl (C=O) groups excluding carboxylic acids is 1. The molecule has 1 amide bonds. The van der Waals surface area contributed by atoms with E-state index in [9.17, 15) is 4.79 Å². The smallest absolute Gasteiger partial charge is 0.249 e. The van der Waals surface area contributed by atoms with Crippen LogP contribution in [0.5, 0.6) is 0 Å². The Morgan fingerprint density at radius 2 is 2.58 bits per heavy atom. The van der Waals surface area contributed by atoms with Crippen molar-refractivity contribution in [1.82, 2.24) is 5.32 Å². The average Bonchev–Trinajstić information content (AvgIpc) is 2.56. The minimum absolute atomic E-state index is 0.0293. The molecular formula is C8H15NO3. The van der Waals surface area contributed by atoms with Gasteiger partial charge in [-0.1, -0.05) is 0 Å². The molecule has 12 heavy (non-hydrogen) atoms. The number of ether oxygens (including phenoxy) is 1. The van der Waals surface area contributed by atoms with E-state index in [0.717, 1.165) is 12.8 Å². The van der Waals surface area contributed by atoms with Crippen molar-refractivity contribution >= 4 is 5.91 Å². The third kappa shape index (κ3) is 2.46. The van der Waals surface area contributed by atoms with Crippen LogP contribution in [-0.2, 0) is 9.53 Å². The zero-order chi connectivity index (χ0) is 8.97. The monoisotopic (exact) mass is 173 g/mol. The molecule has 4 heteroatoms. The number of hydrogen-bond donors (Lipinski definition) is 2. The van der Waals surface area contributed by atoms with E-state index < -0.39 is 0 Å². The second kappa shape index (κ2) is 4.42. The Labute approximate surface area is 71.9 Å². The fourth-order valence-corrected chi connectivity index (χ4v) is 1.17. The predicted octanol–water partition coefficient (Wildman–Crippen LogP) is -0.338. The molecule has 0 spiro atoms. The Morgan fingerprint density at radius 3 is 3.08 bits per heavy atom. The first-order chi connectivity index (χ1) is 5.74. The maximum Gasteiger partial charge on any atom is 0.249 e. The molecule has 0 bridgehead atoms. The Hall–Kier alpha value is -0.610. The van der Waals surface area contributed by atoms with Gasteiger partial charge in [0.2, 0.25) is 5.91 Å². The molecule has 0 aromatic rings. The topological polar surface area (TPSA) is 58.6 Å². The van der Waals surface area contributed by atoms with Gasteiger partial charge >= 0.3 is 0 Å². The SMILES string of the molecule is C[C@@H](CO)NC(=O)[C@@H]1CCCO1. The van der Waals surface area contributed by atoms with E-state index in [1.165, 1.54) is 0 Å². The van der Waals surface area contributed by atoms with Gasteiger partial charge in [0, 0.05) is 12.6 Å². The molecule has 4 nitrogen and oxygen atoms in total. The fourth-order valence-electron chi connectivity index (χ4n) is 1.17. The summed E-state index contributed by atoms with van der Waals surface area (Å²) >= 11 is 0. The van der Waals surface area contributed by atoms with Crippen molar-refractivity contribution in [2.24, 2.45) is 0 Å². The zero-order valence-electron chi connectivity index (χ0n) is 7.25. The summed E-state index contributed by atoms with van der Waals surface area (Å²) in [6.07, 6.45) is 1.45. The van der Waals surface area contributed by atoms with Crippen molar-refractivity contribution < 1.29 is 14.6 Å². The summed E-state index contributed by atoms with van der Waals surface area (Å²) in [4.78, 5) is 11.3. The molecule has 1 aliphatic heterocycles. The van der Waals surface area contributed by atoms with Crippen LogP contribution in [0.25, 0.3) is 0 Å². The minimum Gasteiger partial charge on any atom is -0.394 e. The van der Waals surface area contributed by atoms with E-state index in [-0.39, 0.29) is 24.7 Å². The lowest BCUT2D eigenvalue weighted by Crippen LogP contribution is -2.41. The van der Waals surface area contributed by atoms with E-state index in [2.05, 4.69) is 5.32 Å². The molecule has 0 aromatic carbocycles. The van der Waals surface area contributed by atoms with Crippen LogP contribution in [-0.4, -0.2) is 36.4 Å². The highest BCUT2D eigenvalue weighted by atomic mass is 16.5. The van der Waals surface area contributed by atoms with Gasteiger partial charge in [0.05, 0.1) is 6.61 Å². The van der Waals surface area contributed by atoms with Crippen molar-refractivity contribution in [2.45, 2.75) is 31.9 Å². The molecule has 0 aliphatic carbocycles. The third-order valence-electron chi connectivity index (χ3n) is 1.88. The van der Waals surface area contributed by atoms with Crippen molar-refractivity contribution in [3.8, 4) is 0 Å². The molecule has 0 radical (unpaired) electrons. The van der Waals surface area contributed by atoms with Crippen LogP contribution < -0.4 is 5.32 Å². The first-order valence-corrected chi connectivity index (χ1v) is 4.27. The number of carbonyl (C=O) groups is 1. The lowest BCUT2D eigenvalue weighted by molar-refractivity contribution is -0.130. The highest BCUT2D eigenvalue weighted by Crippen LogP contribution is 2.11. The summed E-state index contributed by atoms with van der Waals surface area (Å²) in [5.41, 5.74) is 0. The summed E-state index contributed by atoms with van der Waals surface area (Å²) in [7, 11) is 0. The predicted molar refractivity (Wildman–Crippen MR) is 43.7 cm³/mol. The van der Waals surface area contributed by atoms with Crippen molar-refractivity contribution in [3.05, 3.63) is 0 Å². The Bertz CT molecular complexity index is 154. The fraction of sp³-hybridized carbons (Fsp3) is 0.875. The van der Waals surface area contributed by atoms with E-state index in [1.807, 2.05) is 0 Å². The number of nitrogens with one attached hydrogen (secondary N) is 1. The van der Waals surface area contributed by atoms with Crippen molar-refractivity contribution in [2.75, 3.05) is 13.2 Å². The number of aliphatic hydroxyl groups is 1. The van der Waals surface area contributed by atoms with Gasteiger partial charge in [-0.15, -0.1) is 0 Å². The second-order valence-electron chi connectivity index (χ2n) is 3.09. The molecule has 2 atom stereocenters. The first kappa shape index (κ1) is 9.48. The molecule has 2 N–H and O–H groups in total. The van der Waals surface area contributed by atoms with Gasteiger partial charge in [-0.2, -0.15) is 0 Å². The van der Waals surface area contributed by atoms with Crippen LogP contribution in [0.1, 0.15) is 19.8 Å². The van der Waals surface area contributed by atoms with E-state index in [0.29, 0.717) is 6.61 Å². The lowest BCUT2D eigenvalue weighted by atomic mass is 10.2. The van der Waals surface area contributed by atoms with Crippen LogP contribution in [0.2, 0.25) is 0 Å². The standard InChI is InChI=1S/C8H15NO3/c1-6(5-10)9-8(11)7-3-2-4-12-7/h6-7,10H,2-5H2,1H3,(H,9,11)/t6-,7-/m0/s1. The molecule has 0 aromatic heterocycles. The van der Waals surface area contributed by atoms with Crippen LogP contribution >= 0.6 is 0 Å². The van der Waals surface area contributed by atoms with Crippen molar-refractivity contribution in [1.29, 1.82) is 0 Å². The van der Waals surface area contributed by atoms with Crippen molar-refractivity contribution in [3.63, 3.8) is 0 Å². The normalized spacial score (nSPS) is 25.3. The Balaban J connectivity index is 2.27. The number of aliphatic hydroxyl groups excluding tert-OH is 1. The molecular weight excluding hydrogens is 158 g/mol. The lowest BCUT2D eigenvalue weighted by Gasteiger charge is -2.14. The maximum absolute atomic E-state index is 11.3. The van der Waals surface area contributed by atoms with Gasteiger partial charge < -0.3 is 15.2 Å². The van der Waals surface area contributed by atoms with Crippen LogP contribution in [0.4, 0.5) is 0 Å². The molecule has 0 saturated carbocycles. The summed E-state index contributed by atoms with van der Waals surface area (Å²) in [6.45, 7) is 2.40. The van der Waals surface area contributed by atoms with E-state index in [4.69, 9.17) is 9.84 Å². The number of hydrogen-bond acceptors (Lipinski definition) is 3. The van der Waals surface area contributed by atoms with E-state index >= 15 is 0 Å². The summed E-state index contributed by atoms with van der Waals surface area (Å²) in [5, 5.41) is 11.3. The Kier molecular flexibility index (Phi) is 3.49. The largest absolute Gasteiger partial charge is 0.394 e. The maximum atomic E-state index is 11.3. The molecule has 1 saturated heterocycles. The number of amides is 1. The van der Waals surface area contributed by atoms with Crippen LogP contribution in [0.15, 0.2) is 0 Å². The van der Waals surface area contributed by atoms with Gasteiger partial charge in [0.15, 0.2) is 0 Å². The number of rotatable bonds is 3. The molecule has 1 aliphatic rings. The molecule has 70 valence electrons. The zero-order valence-corrected chi connectivity index (χ0v) is 7.25. The molecule has 1 fully saturated rings. The van der Waals surface area contributed by atoms with Gasteiger partial charge in [-0.25, -0.2) is 0 Å². The summed E-state index contributed by atoms with van der Waals surface area (Å²) < 4.78 is 5.17. The average molecular weight is 173 g/mol. The van der Waals surface area contributed by atoms with Gasteiger partial charge in [-0.3, -0.25) is 4.79 Å². The quantitative estimate of drug-likeness (QED) is 0.614. The second-order valence-corrected chi connectivity index (χ2v) is 3.09. The van der Waals surface area contributed by atoms with Gasteiger partial charge in [0.25, 0.3) is 0 Å². The highest BCUT2D eigenvalue weighted by molar-refractivity contribution is 5.81. The molecule has 1 rings (SSSR count). The Morgan fingerprint density at radius 1 is 1.83 bits per heavy atom. The molecule has 0 unspecified atom stereocenters. The van der Waals surface area contributed by atoms with Gasteiger partial charge in [0.1, 0.15) is 6.10 Å². The van der Waals surface area contributed by atoms with E-state index in [1.54, 1.807) is 6.92 Å². The first-order valence-electron chi connectivity index (χ1n) is 4.27. The highest BCUT2D eigenvalue weighted by Gasteiger charge is 2.23. The van der Waals surface area contributed by atoms with Crippen LogP contribution in [0.3, 0.4) is 0 Å². The minimum atomic E-state index is -0.293. The summed E-state index contributed by atoms with van der Waals surface area (Å²) in [6, 6.07) is -0.179. The van der Waals surface area contributed by atoms with Gasteiger partial charge in [-0.05, 0) is 19.8 Å². The summed E-state index contributed by atoms with van der Waals surface area (Å²) in [5.74, 6) is -0.103. The van der Waals surface area contributed by atoms with Crippen LogP contribution in [0, 0.1) is 0 Å². The molecule has 1 heterocycles. The third-order valence-corrected chi connectivity index (χ3v) is 1.88.